The number of hydrogen-bond donors (Lipinski definition) is 0. The predicted molar refractivity (Wildman–Crippen MR) is 305 cm³/mol. The SMILES string of the molecule is c1ccc(-c2ccc(N(c3cccc(-c4cccc5ccccc45)c3)c3ccccc3-c3ccccc3N(c3ccc(-c4ccccc4)cc3)c3cccc4c3sc3c5ccccc5ccc43)cc2)cc1. The van der Waals surface area contributed by atoms with Crippen molar-refractivity contribution in [2.75, 3.05) is 9.80 Å². The van der Waals surface area contributed by atoms with Crippen LogP contribution in [0, 0.1) is 0 Å². The molecule has 71 heavy (non-hydrogen) atoms. The number of anilines is 6. The molecule has 13 aromatic rings. The summed E-state index contributed by atoms with van der Waals surface area (Å²) in [6, 6.07) is 102. The van der Waals surface area contributed by atoms with Crippen molar-refractivity contribution < 1.29 is 0 Å². The van der Waals surface area contributed by atoms with E-state index in [1.54, 1.807) is 0 Å². The molecule has 0 aliphatic carbocycles. The first-order chi connectivity index (χ1) is 35.2. The van der Waals surface area contributed by atoms with E-state index in [1.165, 1.54) is 69.5 Å². The molecule has 3 heteroatoms. The third-order valence-corrected chi connectivity index (χ3v) is 15.1. The van der Waals surface area contributed by atoms with E-state index in [-0.39, 0.29) is 0 Å². The molecule has 0 spiro atoms. The lowest BCUT2D eigenvalue weighted by molar-refractivity contribution is 1.27. The molecule has 0 fully saturated rings. The van der Waals surface area contributed by atoms with Crippen molar-refractivity contribution in [1.82, 2.24) is 0 Å². The highest BCUT2D eigenvalue weighted by Crippen LogP contribution is 2.51. The van der Waals surface area contributed by atoms with Crippen LogP contribution in [-0.4, -0.2) is 0 Å². The Balaban J connectivity index is 1.02. The molecular formula is C68H46N2S. The molecule has 0 aliphatic rings. The van der Waals surface area contributed by atoms with Gasteiger partial charge >= 0.3 is 0 Å². The second-order valence-electron chi connectivity index (χ2n) is 18.0. The second-order valence-corrected chi connectivity index (χ2v) is 19.0. The van der Waals surface area contributed by atoms with E-state index in [2.05, 4.69) is 289 Å². The molecule has 0 N–H and O–H groups in total. The van der Waals surface area contributed by atoms with E-state index in [0.717, 1.165) is 50.8 Å². The van der Waals surface area contributed by atoms with Gasteiger partial charge in [-0.25, -0.2) is 0 Å². The Bertz CT molecular complexity index is 4040. The number of thiophene rings is 1. The largest absolute Gasteiger partial charge is 0.310 e. The zero-order chi connectivity index (χ0) is 47.1. The monoisotopic (exact) mass is 922 g/mol. The third-order valence-electron chi connectivity index (χ3n) is 13.9. The fourth-order valence-corrected chi connectivity index (χ4v) is 11.8. The van der Waals surface area contributed by atoms with Crippen LogP contribution in [0.3, 0.4) is 0 Å². The summed E-state index contributed by atoms with van der Waals surface area (Å²) in [5.74, 6) is 0. The van der Waals surface area contributed by atoms with Crippen LogP contribution in [0.15, 0.2) is 279 Å². The summed E-state index contributed by atoms with van der Waals surface area (Å²) >= 11 is 1.89. The number of nitrogens with zero attached hydrogens (tertiary/aromatic N) is 2. The molecule has 0 amide bonds. The minimum atomic E-state index is 1.07. The smallest absolute Gasteiger partial charge is 0.0640 e. The molecule has 0 atom stereocenters. The lowest BCUT2D eigenvalue weighted by Gasteiger charge is -2.31. The van der Waals surface area contributed by atoms with Crippen molar-refractivity contribution in [3.8, 4) is 44.5 Å². The van der Waals surface area contributed by atoms with Gasteiger partial charge in [-0.3, -0.25) is 0 Å². The van der Waals surface area contributed by atoms with Gasteiger partial charge in [0.1, 0.15) is 0 Å². The summed E-state index contributed by atoms with van der Waals surface area (Å²) in [6.45, 7) is 0. The Morgan fingerprint density at radius 1 is 0.225 bits per heavy atom. The van der Waals surface area contributed by atoms with E-state index in [9.17, 15) is 0 Å². The summed E-state index contributed by atoms with van der Waals surface area (Å²) in [6.07, 6.45) is 0. The van der Waals surface area contributed by atoms with Gasteiger partial charge in [0.15, 0.2) is 0 Å². The molecule has 12 aromatic carbocycles. The molecular weight excluding hydrogens is 877 g/mol. The number of hydrogen-bond acceptors (Lipinski definition) is 3. The van der Waals surface area contributed by atoms with Crippen LogP contribution in [-0.2, 0) is 0 Å². The van der Waals surface area contributed by atoms with Crippen molar-refractivity contribution in [3.05, 3.63) is 279 Å². The van der Waals surface area contributed by atoms with Gasteiger partial charge in [-0.15, -0.1) is 11.3 Å². The first-order valence-corrected chi connectivity index (χ1v) is 25.1. The van der Waals surface area contributed by atoms with Gasteiger partial charge in [-0.1, -0.05) is 224 Å². The lowest BCUT2D eigenvalue weighted by Crippen LogP contribution is -2.14. The molecule has 0 radical (unpaired) electrons. The number of benzene rings is 12. The maximum Gasteiger partial charge on any atom is 0.0640 e. The van der Waals surface area contributed by atoms with Crippen LogP contribution in [0.2, 0.25) is 0 Å². The Morgan fingerprint density at radius 3 is 1.34 bits per heavy atom. The van der Waals surface area contributed by atoms with Gasteiger partial charge in [0.2, 0.25) is 0 Å². The summed E-state index contributed by atoms with van der Waals surface area (Å²) < 4.78 is 2.56. The Hall–Kier alpha value is -9.02. The van der Waals surface area contributed by atoms with E-state index >= 15 is 0 Å². The van der Waals surface area contributed by atoms with Gasteiger partial charge in [0.25, 0.3) is 0 Å². The summed E-state index contributed by atoms with van der Waals surface area (Å²) in [4.78, 5) is 4.92. The molecule has 0 bridgehead atoms. The zero-order valence-corrected chi connectivity index (χ0v) is 39.7. The van der Waals surface area contributed by atoms with Crippen molar-refractivity contribution in [2.24, 2.45) is 0 Å². The van der Waals surface area contributed by atoms with Crippen LogP contribution in [0.5, 0.6) is 0 Å². The minimum absolute atomic E-state index is 1.07. The second kappa shape index (κ2) is 18.1. The maximum absolute atomic E-state index is 2.49. The van der Waals surface area contributed by atoms with Crippen molar-refractivity contribution >= 4 is 87.2 Å². The summed E-state index contributed by atoms with van der Waals surface area (Å²) in [7, 11) is 0. The Kier molecular flexibility index (Phi) is 10.8. The Morgan fingerprint density at radius 2 is 0.662 bits per heavy atom. The average molecular weight is 923 g/mol. The third kappa shape index (κ3) is 7.70. The Labute approximate surface area is 418 Å². The summed E-state index contributed by atoms with van der Waals surface area (Å²) in [5.41, 5.74) is 15.9. The van der Waals surface area contributed by atoms with Gasteiger partial charge in [-0.2, -0.15) is 0 Å². The van der Waals surface area contributed by atoms with Gasteiger partial charge in [-0.05, 0) is 110 Å². The van der Waals surface area contributed by atoms with E-state index < -0.39 is 0 Å². The molecule has 1 heterocycles. The molecule has 0 aliphatic heterocycles. The van der Waals surface area contributed by atoms with E-state index in [0.29, 0.717) is 0 Å². The summed E-state index contributed by atoms with van der Waals surface area (Å²) in [5, 5.41) is 7.54. The first-order valence-electron chi connectivity index (χ1n) is 24.2. The highest BCUT2D eigenvalue weighted by molar-refractivity contribution is 7.27. The number of para-hydroxylation sites is 2. The lowest BCUT2D eigenvalue weighted by atomic mass is 9.96. The van der Waals surface area contributed by atoms with Crippen molar-refractivity contribution in [2.45, 2.75) is 0 Å². The molecule has 2 nitrogen and oxygen atoms in total. The van der Waals surface area contributed by atoms with Crippen LogP contribution in [0.1, 0.15) is 0 Å². The fourth-order valence-electron chi connectivity index (χ4n) is 10.5. The van der Waals surface area contributed by atoms with E-state index in [1.807, 2.05) is 11.3 Å². The van der Waals surface area contributed by atoms with E-state index in [4.69, 9.17) is 0 Å². The normalized spacial score (nSPS) is 11.4. The van der Waals surface area contributed by atoms with Crippen LogP contribution >= 0.6 is 11.3 Å². The van der Waals surface area contributed by atoms with Crippen LogP contribution in [0.25, 0.3) is 86.2 Å². The molecule has 0 unspecified atom stereocenters. The number of fused-ring (bicyclic) bond motifs is 6. The number of rotatable bonds is 10. The van der Waals surface area contributed by atoms with Gasteiger partial charge < -0.3 is 9.80 Å². The minimum Gasteiger partial charge on any atom is -0.310 e. The molecule has 0 saturated heterocycles. The van der Waals surface area contributed by atoms with Gasteiger partial charge in [0, 0.05) is 43.7 Å². The van der Waals surface area contributed by atoms with Crippen molar-refractivity contribution in [3.63, 3.8) is 0 Å². The standard InChI is InChI=1S/C68H46N2S/c1-3-18-47(19-4-1)49-36-41-54(42-37-49)69(56-26-15-25-53(46-56)58-31-16-24-51-22-7-9-27-57(51)58)64-33-13-11-29-60(64)61-30-12-14-34-65(61)70(55-43-38-50(39-44-55)48-20-5-2-6-21-48)66-35-17-32-62-63-45-40-52-23-8-10-28-59(52)67(63)71-68(62)66/h1-46H. The average Bonchev–Trinajstić information content (AvgIpc) is 3.84. The molecule has 0 saturated carbocycles. The van der Waals surface area contributed by atoms with Crippen LogP contribution < -0.4 is 9.80 Å². The quantitative estimate of drug-likeness (QED) is 0.135. The topological polar surface area (TPSA) is 6.48 Å². The van der Waals surface area contributed by atoms with Crippen molar-refractivity contribution in [1.29, 1.82) is 0 Å². The van der Waals surface area contributed by atoms with Crippen LogP contribution in [0.4, 0.5) is 34.1 Å². The molecule has 334 valence electrons. The fraction of sp³-hybridized carbons (Fsp3) is 0. The molecule has 13 rings (SSSR count). The molecule has 1 aromatic heterocycles. The van der Waals surface area contributed by atoms with Gasteiger partial charge in [0.05, 0.1) is 21.8 Å². The highest BCUT2D eigenvalue weighted by Gasteiger charge is 2.25. The predicted octanol–water partition coefficient (Wildman–Crippen LogP) is 20.0. The zero-order valence-electron chi connectivity index (χ0n) is 38.9. The first kappa shape index (κ1) is 42.1. The highest BCUT2D eigenvalue weighted by atomic mass is 32.1. The maximum atomic E-state index is 2.49.